The van der Waals surface area contributed by atoms with Crippen LogP contribution in [0.2, 0.25) is 0 Å². The topological polar surface area (TPSA) is 82.0 Å². The van der Waals surface area contributed by atoms with Crippen molar-refractivity contribution in [3.8, 4) is 0 Å². The largest absolute Gasteiger partial charge is 0.368 e. The fourth-order valence-electron chi connectivity index (χ4n) is 1.34. The van der Waals surface area contributed by atoms with Crippen molar-refractivity contribution in [1.29, 1.82) is 0 Å². The van der Waals surface area contributed by atoms with Crippen LogP contribution >= 0.6 is 11.8 Å². The summed E-state index contributed by atoms with van der Waals surface area (Å²) in [6, 6.07) is 3.97. The molecule has 0 bridgehead atoms. The van der Waals surface area contributed by atoms with Crippen LogP contribution in [-0.4, -0.2) is 22.2 Å². The molecule has 1 aromatic heterocycles. The highest BCUT2D eigenvalue weighted by Gasteiger charge is 2.24. The number of hydrogen-bond donors (Lipinski definition) is 2. The number of nitrogens with two attached hydrogens (primary N) is 2. The number of pyridine rings is 1. The molecule has 4 N–H and O–H groups in total. The van der Waals surface area contributed by atoms with E-state index >= 15 is 0 Å². The van der Waals surface area contributed by atoms with Crippen LogP contribution in [-0.2, 0) is 4.79 Å². The van der Waals surface area contributed by atoms with Crippen LogP contribution in [0.25, 0.3) is 0 Å². The van der Waals surface area contributed by atoms with Gasteiger partial charge in [0.2, 0.25) is 5.91 Å². The monoisotopic (exact) mass is 253 g/mol. The summed E-state index contributed by atoms with van der Waals surface area (Å²) in [6.07, 6.45) is 6.14. The zero-order valence-corrected chi connectivity index (χ0v) is 10.9. The number of carbonyl (C=O) groups is 1. The normalized spacial score (nSPS) is 14.2. The second-order valence-electron chi connectivity index (χ2n) is 4.27. The van der Waals surface area contributed by atoms with Gasteiger partial charge in [-0.1, -0.05) is 6.42 Å². The Morgan fingerprint density at radius 2 is 2.06 bits per heavy atom. The summed E-state index contributed by atoms with van der Waals surface area (Å²) in [5.41, 5.74) is 10.1. The lowest BCUT2D eigenvalue weighted by Crippen LogP contribution is -2.49. The van der Waals surface area contributed by atoms with Crippen molar-refractivity contribution in [2.24, 2.45) is 11.5 Å². The number of amides is 1. The Kier molecular flexibility index (Phi) is 5.44. The number of thioether (sulfide) groups is 1. The van der Waals surface area contributed by atoms with Gasteiger partial charge in [0.1, 0.15) is 0 Å². The van der Waals surface area contributed by atoms with Gasteiger partial charge in [0, 0.05) is 17.3 Å². The Morgan fingerprint density at radius 3 is 2.65 bits per heavy atom. The third-order valence-electron chi connectivity index (χ3n) is 2.57. The number of primary amides is 1. The first kappa shape index (κ1) is 14.0. The van der Waals surface area contributed by atoms with E-state index in [0.29, 0.717) is 6.42 Å². The Morgan fingerprint density at radius 1 is 1.41 bits per heavy atom. The van der Waals surface area contributed by atoms with E-state index in [1.807, 2.05) is 12.1 Å². The van der Waals surface area contributed by atoms with E-state index in [1.165, 1.54) is 4.90 Å². The standard InChI is InChI=1S/C12H19N3OS/c1-12(14,11(13)16)6-2-3-9-17-10-4-7-15-8-5-10/h4-5,7-8H,2-3,6,9,14H2,1H3,(H2,13,16). The van der Waals surface area contributed by atoms with E-state index < -0.39 is 11.4 Å². The highest BCUT2D eigenvalue weighted by Crippen LogP contribution is 2.19. The van der Waals surface area contributed by atoms with E-state index in [9.17, 15) is 4.79 Å². The van der Waals surface area contributed by atoms with Gasteiger partial charge < -0.3 is 11.5 Å². The summed E-state index contributed by atoms with van der Waals surface area (Å²) in [4.78, 5) is 16.2. The third kappa shape index (κ3) is 5.19. The van der Waals surface area contributed by atoms with Crippen LogP contribution < -0.4 is 11.5 Å². The molecular formula is C12H19N3OS. The Bertz CT molecular complexity index is 354. The molecule has 0 aromatic carbocycles. The fourth-order valence-corrected chi connectivity index (χ4v) is 2.24. The first-order valence-corrected chi connectivity index (χ1v) is 6.62. The molecule has 0 radical (unpaired) electrons. The van der Waals surface area contributed by atoms with Gasteiger partial charge in [0.05, 0.1) is 5.54 Å². The highest BCUT2D eigenvalue weighted by molar-refractivity contribution is 7.99. The third-order valence-corrected chi connectivity index (χ3v) is 3.67. The number of aromatic nitrogens is 1. The minimum atomic E-state index is -0.874. The fraction of sp³-hybridized carbons (Fsp3) is 0.500. The van der Waals surface area contributed by atoms with Gasteiger partial charge in [-0.2, -0.15) is 0 Å². The molecule has 0 aliphatic rings. The average molecular weight is 253 g/mol. The lowest BCUT2D eigenvalue weighted by Gasteiger charge is -2.19. The predicted octanol–water partition coefficient (Wildman–Crippen LogP) is 1.55. The van der Waals surface area contributed by atoms with Crippen LogP contribution in [0.15, 0.2) is 29.4 Å². The van der Waals surface area contributed by atoms with E-state index in [2.05, 4.69) is 4.98 Å². The summed E-state index contributed by atoms with van der Waals surface area (Å²) in [7, 11) is 0. The number of rotatable bonds is 7. The first-order chi connectivity index (χ1) is 8.02. The van der Waals surface area contributed by atoms with Crippen molar-refractivity contribution >= 4 is 17.7 Å². The molecule has 1 unspecified atom stereocenters. The molecule has 0 aliphatic heterocycles. The van der Waals surface area contributed by atoms with Gasteiger partial charge in [-0.25, -0.2) is 0 Å². The van der Waals surface area contributed by atoms with E-state index in [1.54, 1.807) is 31.1 Å². The molecule has 0 fully saturated rings. The van der Waals surface area contributed by atoms with Crippen molar-refractivity contribution in [3.05, 3.63) is 24.5 Å². The van der Waals surface area contributed by atoms with Crippen LogP contribution in [0.4, 0.5) is 0 Å². The number of hydrogen-bond acceptors (Lipinski definition) is 4. The molecule has 0 saturated carbocycles. The molecule has 1 heterocycles. The Balaban J connectivity index is 2.15. The van der Waals surface area contributed by atoms with E-state index in [-0.39, 0.29) is 0 Å². The van der Waals surface area contributed by atoms with Gasteiger partial charge in [-0.05, 0) is 37.7 Å². The minimum absolute atomic E-state index is 0.431. The highest BCUT2D eigenvalue weighted by atomic mass is 32.2. The molecule has 1 rings (SSSR count). The second-order valence-corrected chi connectivity index (χ2v) is 5.44. The van der Waals surface area contributed by atoms with Gasteiger partial charge in [-0.3, -0.25) is 9.78 Å². The second kappa shape index (κ2) is 6.61. The van der Waals surface area contributed by atoms with Crippen LogP contribution in [0.1, 0.15) is 26.2 Å². The van der Waals surface area contributed by atoms with Crippen molar-refractivity contribution < 1.29 is 4.79 Å². The minimum Gasteiger partial charge on any atom is -0.368 e. The van der Waals surface area contributed by atoms with E-state index in [0.717, 1.165) is 18.6 Å². The molecule has 4 nitrogen and oxygen atoms in total. The lowest BCUT2D eigenvalue weighted by atomic mass is 9.96. The van der Waals surface area contributed by atoms with Crippen LogP contribution in [0.3, 0.4) is 0 Å². The molecule has 0 spiro atoms. The van der Waals surface area contributed by atoms with Crippen molar-refractivity contribution in [3.63, 3.8) is 0 Å². The number of unbranched alkanes of at least 4 members (excludes halogenated alkanes) is 1. The molecule has 94 valence electrons. The molecule has 17 heavy (non-hydrogen) atoms. The molecule has 1 aromatic rings. The van der Waals surface area contributed by atoms with Crippen molar-refractivity contribution in [2.45, 2.75) is 36.6 Å². The van der Waals surface area contributed by atoms with Crippen molar-refractivity contribution in [1.82, 2.24) is 4.98 Å². The quantitative estimate of drug-likeness (QED) is 0.570. The van der Waals surface area contributed by atoms with Crippen molar-refractivity contribution in [2.75, 3.05) is 5.75 Å². The predicted molar refractivity (Wildman–Crippen MR) is 70.6 cm³/mol. The summed E-state index contributed by atoms with van der Waals surface area (Å²) in [5.74, 6) is 0.582. The molecule has 5 heteroatoms. The maximum Gasteiger partial charge on any atom is 0.237 e. The van der Waals surface area contributed by atoms with Gasteiger partial charge in [-0.15, -0.1) is 11.8 Å². The van der Waals surface area contributed by atoms with Gasteiger partial charge >= 0.3 is 0 Å². The summed E-state index contributed by atoms with van der Waals surface area (Å²) < 4.78 is 0. The lowest BCUT2D eigenvalue weighted by molar-refractivity contribution is -0.122. The maximum atomic E-state index is 11.0. The van der Waals surface area contributed by atoms with Gasteiger partial charge in [0.15, 0.2) is 0 Å². The number of carbonyl (C=O) groups excluding carboxylic acids is 1. The zero-order chi connectivity index (χ0) is 12.7. The summed E-state index contributed by atoms with van der Waals surface area (Å²) in [6.45, 7) is 1.69. The van der Waals surface area contributed by atoms with Crippen LogP contribution in [0, 0.1) is 0 Å². The maximum absolute atomic E-state index is 11.0. The summed E-state index contributed by atoms with van der Waals surface area (Å²) >= 11 is 1.78. The zero-order valence-electron chi connectivity index (χ0n) is 10.1. The van der Waals surface area contributed by atoms with E-state index in [4.69, 9.17) is 11.5 Å². The van der Waals surface area contributed by atoms with Gasteiger partial charge in [0.25, 0.3) is 0 Å². The smallest absolute Gasteiger partial charge is 0.237 e. The first-order valence-electron chi connectivity index (χ1n) is 5.64. The Hall–Kier alpha value is -1.07. The Labute approximate surface area is 106 Å². The molecule has 1 atom stereocenters. The molecule has 0 saturated heterocycles. The summed E-state index contributed by atoms with van der Waals surface area (Å²) in [5, 5.41) is 0. The molecule has 1 amide bonds. The molecule has 0 aliphatic carbocycles. The number of nitrogens with zero attached hydrogens (tertiary/aromatic N) is 1. The average Bonchev–Trinajstić information content (AvgIpc) is 2.29. The SMILES string of the molecule is CC(N)(CCCCSc1ccncc1)C(N)=O. The molecular weight excluding hydrogens is 234 g/mol. The van der Waals surface area contributed by atoms with Crippen LogP contribution in [0.5, 0.6) is 0 Å².